The largest absolute Gasteiger partial charge is 0.348 e. The van der Waals surface area contributed by atoms with Gasteiger partial charge in [-0.25, -0.2) is 23.7 Å². The summed E-state index contributed by atoms with van der Waals surface area (Å²) in [7, 11) is 0. The van der Waals surface area contributed by atoms with Crippen molar-refractivity contribution < 1.29 is 9.18 Å². The zero-order valence-corrected chi connectivity index (χ0v) is 17.3. The van der Waals surface area contributed by atoms with E-state index in [2.05, 4.69) is 19.9 Å². The molecule has 0 radical (unpaired) electrons. The minimum atomic E-state index is -0.503. The van der Waals surface area contributed by atoms with Gasteiger partial charge in [0.1, 0.15) is 16.9 Å². The van der Waals surface area contributed by atoms with Gasteiger partial charge >= 0.3 is 0 Å². The van der Waals surface area contributed by atoms with Gasteiger partial charge in [-0.05, 0) is 30.3 Å². The first kappa shape index (κ1) is 18.7. The number of thiazole rings is 1. The van der Waals surface area contributed by atoms with Gasteiger partial charge in [-0.2, -0.15) is 5.10 Å². The number of fused-ring (bicyclic) bond motifs is 3. The molecule has 4 aromatic heterocycles. The van der Waals surface area contributed by atoms with E-state index >= 15 is 0 Å². The molecule has 1 aromatic carbocycles. The second-order valence-corrected chi connectivity index (χ2v) is 8.53. The van der Waals surface area contributed by atoms with Crippen LogP contribution in [0.3, 0.4) is 0 Å². The number of aromatic amines is 1. The van der Waals surface area contributed by atoms with Crippen molar-refractivity contribution in [3.63, 3.8) is 0 Å². The van der Waals surface area contributed by atoms with E-state index < -0.39 is 6.04 Å². The Morgan fingerprint density at radius 2 is 2.22 bits per heavy atom. The number of aromatic nitrogens is 5. The van der Waals surface area contributed by atoms with Gasteiger partial charge in [-0.15, -0.1) is 11.3 Å². The van der Waals surface area contributed by atoms with Crippen molar-refractivity contribution in [2.24, 2.45) is 0 Å². The Balaban J connectivity index is 1.49. The van der Waals surface area contributed by atoms with Gasteiger partial charge in [0, 0.05) is 24.9 Å². The van der Waals surface area contributed by atoms with E-state index in [4.69, 9.17) is 11.6 Å². The molecule has 0 saturated heterocycles. The molecule has 0 fully saturated rings. The number of rotatable bonds is 2. The Morgan fingerprint density at radius 1 is 1.31 bits per heavy atom. The number of hydrogen-bond acceptors (Lipinski definition) is 5. The van der Waals surface area contributed by atoms with Crippen LogP contribution in [0.15, 0.2) is 49.1 Å². The van der Waals surface area contributed by atoms with Crippen LogP contribution >= 0.6 is 11.3 Å². The number of amides is 1. The molecule has 0 aliphatic carbocycles. The molecule has 1 aliphatic heterocycles. The predicted octanol–water partition coefficient (Wildman–Crippen LogP) is 4.14. The quantitative estimate of drug-likeness (QED) is 0.416. The maximum Gasteiger partial charge on any atom is 0.258 e. The van der Waals surface area contributed by atoms with E-state index in [1.807, 2.05) is 0 Å². The lowest BCUT2D eigenvalue weighted by atomic mass is 10.0. The number of carbonyl (C=O) groups is 1. The molecule has 0 saturated carbocycles. The van der Waals surface area contributed by atoms with Crippen LogP contribution in [0.5, 0.6) is 0 Å². The highest BCUT2D eigenvalue weighted by Gasteiger charge is 2.37. The summed E-state index contributed by atoms with van der Waals surface area (Å²) in [5.74, 6) is -0.544. The molecule has 32 heavy (non-hydrogen) atoms. The summed E-state index contributed by atoms with van der Waals surface area (Å²) in [6.45, 7) is 7.74. The molecular formula is C22H14FN7OS. The summed E-state index contributed by atoms with van der Waals surface area (Å²) in [6.07, 6.45) is 5.44. The summed E-state index contributed by atoms with van der Waals surface area (Å²) in [4.78, 5) is 31.3. The van der Waals surface area contributed by atoms with Crippen molar-refractivity contribution in [1.82, 2.24) is 29.5 Å². The number of nitrogens with zero attached hydrogens (tertiary/aromatic N) is 6. The molecule has 0 bridgehead atoms. The molecule has 5 heterocycles. The smallest absolute Gasteiger partial charge is 0.258 e. The Bertz CT molecular complexity index is 1560. The molecular weight excluding hydrogens is 429 g/mol. The topological polar surface area (TPSA) is 83.5 Å². The van der Waals surface area contributed by atoms with Crippen molar-refractivity contribution in [3.05, 3.63) is 88.2 Å². The van der Waals surface area contributed by atoms with Crippen molar-refractivity contribution >= 4 is 38.7 Å². The Morgan fingerprint density at radius 3 is 3.09 bits per heavy atom. The highest BCUT2D eigenvalue weighted by Crippen LogP contribution is 2.38. The molecule has 1 amide bonds. The molecule has 8 nitrogen and oxygen atoms in total. The van der Waals surface area contributed by atoms with Crippen molar-refractivity contribution in [2.45, 2.75) is 12.5 Å². The first-order chi connectivity index (χ1) is 15.6. The van der Waals surface area contributed by atoms with Crippen LogP contribution in [-0.4, -0.2) is 41.9 Å². The second-order valence-electron chi connectivity index (χ2n) is 7.47. The van der Waals surface area contributed by atoms with Gasteiger partial charge in [0.05, 0.1) is 46.1 Å². The summed E-state index contributed by atoms with van der Waals surface area (Å²) >= 11 is 1.35. The summed E-state index contributed by atoms with van der Waals surface area (Å²) in [5.41, 5.74) is 3.79. The molecule has 6 rings (SSSR count). The average molecular weight is 443 g/mol. The fourth-order valence-electron chi connectivity index (χ4n) is 4.14. The van der Waals surface area contributed by atoms with Gasteiger partial charge in [0.15, 0.2) is 5.69 Å². The van der Waals surface area contributed by atoms with Crippen LogP contribution in [0.25, 0.3) is 20.6 Å². The van der Waals surface area contributed by atoms with Gasteiger partial charge < -0.3 is 9.88 Å². The van der Waals surface area contributed by atoms with Crippen LogP contribution in [0.1, 0.15) is 32.8 Å². The van der Waals surface area contributed by atoms with E-state index in [-0.39, 0.29) is 11.7 Å². The van der Waals surface area contributed by atoms with Crippen LogP contribution in [-0.2, 0) is 6.42 Å². The first-order valence-electron chi connectivity index (χ1n) is 9.86. The number of hydrogen-bond donors (Lipinski definition) is 1. The number of nitrogens with one attached hydrogen (secondary N) is 1. The molecule has 1 aliphatic rings. The van der Waals surface area contributed by atoms with E-state index in [1.165, 1.54) is 29.7 Å². The number of imidazole rings is 1. The Hall–Kier alpha value is -4.10. The lowest BCUT2D eigenvalue weighted by molar-refractivity contribution is 0.0692. The molecule has 0 unspecified atom stereocenters. The molecule has 0 spiro atoms. The van der Waals surface area contributed by atoms with Crippen molar-refractivity contribution in [3.8, 4) is 0 Å². The van der Waals surface area contributed by atoms with Gasteiger partial charge in [-0.1, -0.05) is 0 Å². The maximum absolute atomic E-state index is 13.7. The lowest BCUT2D eigenvalue weighted by Crippen LogP contribution is -2.40. The second kappa shape index (κ2) is 6.96. The minimum absolute atomic E-state index is 0.216. The van der Waals surface area contributed by atoms with Crippen LogP contribution in [0.2, 0.25) is 0 Å². The minimum Gasteiger partial charge on any atom is -0.348 e. The Labute approximate surface area is 184 Å². The number of pyridine rings is 1. The zero-order valence-electron chi connectivity index (χ0n) is 16.5. The highest BCUT2D eigenvalue weighted by molar-refractivity contribution is 7.18. The number of halogens is 1. The third-order valence-electron chi connectivity index (χ3n) is 5.65. The molecule has 1 atom stereocenters. The van der Waals surface area contributed by atoms with Crippen LogP contribution in [0.4, 0.5) is 10.1 Å². The first-order valence-corrected chi connectivity index (χ1v) is 10.7. The highest BCUT2D eigenvalue weighted by atomic mass is 32.1. The molecule has 10 heteroatoms. The fourth-order valence-corrected chi connectivity index (χ4v) is 5.25. The van der Waals surface area contributed by atoms with Crippen LogP contribution < -0.4 is 0 Å². The monoisotopic (exact) mass is 443 g/mol. The normalized spacial score (nSPS) is 15.8. The predicted molar refractivity (Wildman–Crippen MR) is 116 cm³/mol. The average Bonchev–Trinajstić information content (AvgIpc) is 3.54. The SMILES string of the molecule is [C-]#[N+]c1ccn2ncc(C(=O)N3CCc4[nH]cnc4[C@H]3c3nc4ccc(F)cc4s3)c2c1. The Kier molecular flexibility index (Phi) is 4.06. The van der Waals surface area contributed by atoms with E-state index in [1.54, 1.807) is 40.1 Å². The third kappa shape index (κ3) is 2.79. The van der Waals surface area contributed by atoms with Gasteiger partial charge in [-0.3, -0.25) is 4.79 Å². The summed E-state index contributed by atoms with van der Waals surface area (Å²) < 4.78 is 16.0. The van der Waals surface area contributed by atoms with Crippen LogP contribution in [0, 0.1) is 12.4 Å². The molecule has 1 N–H and O–H groups in total. The number of carbonyl (C=O) groups excluding carboxylic acids is 1. The summed E-state index contributed by atoms with van der Waals surface area (Å²) in [5, 5.41) is 4.95. The number of benzene rings is 1. The zero-order chi connectivity index (χ0) is 21.8. The van der Waals surface area contributed by atoms with Crippen molar-refractivity contribution in [1.29, 1.82) is 0 Å². The lowest BCUT2D eigenvalue weighted by Gasteiger charge is -2.33. The summed E-state index contributed by atoms with van der Waals surface area (Å²) in [6, 6.07) is 7.28. The van der Waals surface area contributed by atoms with E-state index in [9.17, 15) is 9.18 Å². The maximum atomic E-state index is 13.7. The standard InChI is InChI=1S/C22H14FN7OS/c1-24-13-4-7-30-17(9-13)14(10-27-30)22(31)29-6-5-16-19(26-11-25-16)20(29)21-28-15-3-2-12(23)8-18(15)32-21/h2-4,7-11,20H,5-6H2,(H,25,26)/t20-/m0/s1. The van der Waals surface area contributed by atoms with E-state index in [0.29, 0.717) is 45.0 Å². The van der Waals surface area contributed by atoms with Crippen molar-refractivity contribution in [2.75, 3.05) is 6.54 Å². The number of H-pyrrole nitrogens is 1. The van der Waals surface area contributed by atoms with E-state index in [0.717, 1.165) is 11.4 Å². The molecule has 156 valence electrons. The fraction of sp³-hybridized carbons (Fsp3) is 0.136. The molecule has 5 aromatic rings. The van der Waals surface area contributed by atoms with Gasteiger partial charge in [0.2, 0.25) is 0 Å². The van der Waals surface area contributed by atoms with Gasteiger partial charge in [0.25, 0.3) is 5.91 Å². The third-order valence-corrected chi connectivity index (χ3v) is 6.72.